The molecule has 0 radical (unpaired) electrons. The van der Waals surface area contributed by atoms with Crippen LogP contribution in [0.15, 0.2) is 0 Å². The van der Waals surface area contributed by atoms with Crippen molar-refractivity contribution >= 4 is 5.91 Å². The third kappa shape index (κ3) is 3.82. The average Bonchev–Trinajstić information content (AvgIpc) is 2.48. The maximum atomic E-state index is 11.2. The van der Waals surface area contributed by atoms with Crippen molar-refractivity contribution in [3.63, 3.8) is 0 Å². The van der Waals surface area contributed by atoms with Crippen LogP contribution < -0.4 is 0 Å². The summed E-state index contributed by atoms with van der Waals surface area (Å²) >= 11 is 0. The summed E-state index contributed by atoms with van der Waals surface area (Å²) in [6, 6.07) is 0.421. The number of hydrogen-bond acceptors (Lipinski definition) is 2. The Morgan fingerprint density at radius 3 is 2.53 bits per heavy atom. The summed E-state index contributed by atoms with van der Waals surface area (Å²) in [5, 5.41) is 0. The van der Waals surface area contributed by atoms with Gasteiger partial charge in [-0.1, -0.05) is 20.8 Å². The highest BCUT2D eigenvalue weighted by atomic mass is 16.2. The summed E-state index contributed by atoms with van der Waals surface area (Å²) in [6.45, 7) is 11.7. The molecule has 1 unspecified atom stereocenters. The summed E-state index contributed by atoms with van der Waals surface area (Å²) < 4.78 is 0. The molecule has 0 bridgehead atoms. The van der Waals surface area contributed by atoms with Crippen molar-refractivity contribution in [3.8, 4) is 0 Å². The Labute approximate surface area is 93.4 Å². The quantitative estimate of drug-likeness (QED) is 0.694. The van der Waals surface area contributed by atoms with E-state index in [0.717, 1.165) is 26.1 Å². The maximum absolute atomic E-state index is 11.2. The highest BCUT2D eigenvalue weighted by molar-refractivity contribution is 5.73. The largest absolute Gasteiger partial charge is 0.342 e. The SMILES string of the molecule is CC(=O)N(C)C1CCN(CC(C)(C)C)C1. The molecule has 1 amide bonds. The standard InChI is InChI=1S/C12H24N2O/c1-10(15)13(5)11-6-7-14(8-11)9-12(2,3)4/h11H,6-9H2,1-5H3. The van der Waals surface area contributed by atoms with Gasteiger partial charge in [-0.25, -0.2) is 0 Å². The van der Waals surface area contributed by atoms with Crippen LogP contribution in [0, 0.1) is 5.41 Å². The monoisotopic (exact) mass is 212 g/mol. The van der Waals surface area contributed by atoms with E-state index < -0.39 is 0 Å². The van der Waals surface area contributed by atoms with Gasteiger partial charge in [-0.2, -0.15) is 0 Å². The van der Waals surface area contributed by atoms with Gasteiger partial charge in [0.15, 0.2) is 0 Å². The predicted octanol–water partition coefficient (Wildman–Crippen LogP) is 1.59. The molecule has 0 aromatic heterocycles. The Hall–Kier alpha value is -0.570. The number of carbonyl (C=O) groups is 1. The number of hydrogen-bond donors (Lipinski definition) is 0. The van der Waals surface area contributed by atoms with E-state index in [0.29, 0.717) is 11.5 Å². The third-order valence-electron chi connectivity index (χ3n) is 2.99. The van der Waals surface area contributed by atoms with Crippen LogP contribution in [0.25, 0.3) is 0 Å². The third-order valence-corrected chi connectivity index (χ3v) is 2.99. The fourth-order valence-electron chi connectivity index (χ4n) is 2.20. The first-order valence-corrected chi connectivity index (χ1v) is 5.75. The molecular weight excluding hydrogens is 188 g/mol. The van der Waals surface area contributed by atoms with Crippen molar-refractivity contribution in [2.24, 2.45) is 5.41 Å². The van der Waals surface area contributed by atoms with Crippen molar-refractivity contribution in [2.75, 3.05) is 26.7 Å². The van der Waals surface area contributed by atoms with Gasteiger partial charge in [0.1, 0.15) is 0 Å². The van der Waals surface area contributed by atoms with Gasteiger partial charge in [-0.3, -0.25) is 4.79 Å². The second-order valence-corrected chi connectivity index (χ2v) is 5.87. The number of amides is 1. The molecule has 1 fully saturated rings. The molecule has 0 saturated carbocycles. The van der Waals surface area contributed by atoms with E-state index >= 15 is 0 Å². The molecule has 0 aromatic carbocycles. The first kappa shape index (κ1) is 12.5. The highest BCUT2D eigenvalue weighted by Gasteiger charge is 2.28. The van der Waals surface area contributed by atoms with E-state index in [-0.39, 0.29) is 5.91 Å². The zero-order chi connectivity index (χ0) is 11.6. The van der Waals surface area contributed by atoms with Crippen molar-refractivity contribution in [1.29, 1.82) is 0 Å². The second kappa shape index (κ2) is 4.52. The molecule has 3 heteroatoms. The summed E-state index contributed by atoms with van der Waals surface area (Å²) in [7, 11) is 1.91. The molecule has 0 spiro atoms. The second-order valence-electron chi connectivity index (χ2n) is 5.87. The topological polar surface area (TPSA) is 23.6 Å². The number of likely N-dealkylation sites (tertiary alicyclic amines) is 1. The minimum absolute atomic E-state index is 0.178. The lowest BCUT2D eigenvalue weighted by atomic mass is 9.96. The molecule has 1 aliphatic heterocycles. The lowest BCUT2D eigenvalue weighted by Crippen LogP contribution is -2.39. The summed E-state index contributed by atoms with van der Waals surface area (Å²) in [5.74, 6) is 0.178. The highest BCUT2D eigenvalue weighted by Crippen LogP contribution is 2.21. The van der Waals surface area contributed by atoms with E-state index in [2.05, 4.69) is 25.7 Å². The van der Waals surface area contributed by atoms with Gasteiger partial charge in [0.05, 0.1) is 0 Å². The van der Waals surface area contributed by atoms with Crippen LogP contribution >= 0.6 is 0 Å². The van der Waals surface area contributed by atoms with Crippen LogP contribution in [-0.4, -0.2) is 48.4 Å². The van der Waals surface area contributed by atoms with Gasteiger partial charge in [0.2, 0.25) is 5.91 Å². The van der Waals surface area contributed by atoms with Crippen molar-refractivity contribution in [2.45, 2.75) is 40.2 Å². The van der Waals surface area contributed by atoms with Crippen molar-refractivity contribution < 1.29 is 4.79 Å². The Kier molecular flexibility index (Phi) is 3.77. The minimum atomic E-state index is 0.178. The molecule has 1 atom stereocenters. The minimum Gasteiger partial charge on any atom is -0.342 e. The molecule has 0 aromatic rings. The van der Waals surface area contributed by atoms with E-state index in [9.17, 15) is 4.79 Å². The van der Waals surface area contributed by atoms with Gasteiger partial charge in [0, 0.05) is 39.6 Å². The van der Waals surface area contributed by atoms with E-state index in [1.165, 1.54) is 0 Å². The number of rotatable bonds is 2. The van der Waals surface area contributed by atoms with Crippen LogP contribution in [0.3, 0.4) is 0 Å². The fourth-order valence-corrected chi connectivity index (χ4v) is 2.20. The lowest BCUT2D eigenvalue weighted by Gasteiger charge is -2.27. The first-order chi connectivity index (χ1) is 6.79. The Morgan fingerprint density at radius 1 is 1.47 bits per heavy atom. The number of nitrogens with zero attached hydrogens (tertiary/aromatic N) is 2. The van der Waals surface area contributed by atoms with Crippen LogP contribution in [0.2, 0.25) is 0 Å². The van der Waals surface area contributed by atoms with Crippen LogP contribution in [0.5, 0.6) is 0 Å². The fraction of sp³-hybridized carbons (Fsp3) is 0.917. The van der Waals surface area contributed by atoms with Gasteiger partial charge >= 0.3 is 0 Å². The average molecular weight is 212 g/mol. The molecular formula is C12H24N2O. The molecule has 1 aliphatic rings. The van der Waals surface area contributed by atoms with Crippen molar-refractivity contribution in [3.05, 3.63) is 0 Å². The first-order valence-electron chi connectivity index (χ1n) is 5.75. The van der Waals surface area contributed by atoms with Gasteiger partial charge in [-0.15, -0.1) is 0 Å². The Bertz CT molecular complexity index is 232. The lowest BCUT2D eigenvalue weighted by molar-refractivity contribution is -0.129. The smallest absolute Gasteiger partial charge is 0.219 e. The molecule has 1 heterocycles. The summed E-state index contributed by atoms with van der Waals surface area (Å²) in [4.78, 5) is 15.6. The van der Waals surface area contributed by atoms with E-state index in [4.69, 9.17) is 0 Å². The number of likely N-dealkylation sites (N-methyl/N-ethyl adjacent to an activating group) is 1. The zero-order valence-electron chi connectivity index (χ0n) is 10.7. The van der Waals surface area contributed by atoms with Crippen LogP contribution in [-0.2, 0) is 4.79 Å². The molecule has 88 valence electrons. The zero-order valence-corrected chi connectivity index (χ0v) is 10.7. The molecule has 15 heavy (non-hydrogen) atoms. The van der Waals surface area contributed by atoms with Crippen molar-refractivity contribution in [1.82, 2.24) is 9.80 Å². The van der Waals surface area contributed by atoms with Gasteiger partial charge in [0.25, 0.3) is 0 Å². The van der Waals surface area contributed by atoms with Crippen LogP contribution in [0.4, 0.5) is 0 Å². The molecule has 1 rings (SSSR count). The Morgan fingerprint density at radius 2 is 2.07 bits per heavy atom. The maximum Gasteiger partial charge on any atom is 0.219 e. The van der Waals surface area contributed by atoms with E-state index in [1.807, 2.05) is 11.9 Å². The molecule has 1 saturated heterocycles. The molecule has 3 nitrogen and oxygen atoms in total. The van der Waals surface area contributed by atoms with Crippen LogP contribution in [0.1, 0.15) is 34.1 Å². The summed E-state index contributed by atoms with van der Waals surface area (Å²) in [6.07, 6.45) is 1.12. The van der Waals surface area contributed by atoms with E-state index in [1.54, 1.807) is 6.92 Å². The summed E-state index contributed by atoms with van der Waals surface area (Å²) in [5.41, 5.74) is 0.351. The van der Waals surface area contributed by atoms with Gasteiger partial charge < -0.3 is 9.80 Å². The molecule has 0 aliphatic carbocycles. The normalized spacial score (nSPS) is 23.1. The predicted molar refractivity (Wildman–Crippen MR) is 62.7 cm³/mol. The molecule has 0 N–H and O–H groups in total. The number of carbonyl (C=O) groups excluding carboxylic acids is 1. The van der Waals surface area contributed by atoms with Gasteiger partial charge in [-0.05, 0) is 11.8 Å². The Balaban J connectivity index is 2.42.